The molecule has 1 fully saturated rings. The van der Waals surface area contributed by atoms with Crippen molar-refractivity contribution >= 4 is 32.8 Å². The fraction of sp³-hybridized carbons (Fsp3) is 0.381. The van der Waals surface area contributed by atoms with E-state index in [0.717, 1.165) is 18.2 Å². The zero-order valence-electron chi connectivity index (χ0n) is 14.7. The lowest BCUT2D eigenvalue weighted by atomic mass is 9.76. The van der Waals surface area contributed by atoms with Gasteiger partial charge in [-0.05, 0) is 29.4 Å². The Bertz CT molecular complexity index is 812. The van der Waals surface area contributed by atoms with E-state index in [2.05, 4.69) is 46.3 Å². The van der Waals surface area contributed by atoms with Crippen molar-refractivity contribution in [3.8, 4) is 0 Å². The molecular weight excluding hydrogens is 412 g/mol. The van der Waals surface area contributed by atoms with E-state index in [9.17, 15) is 4.79 Å². The fourth-order valence-electron chi connectivity index (χ4n) is 4.40. The molecule has 136 valence electrons. The van der Waals surface area contributed by atoms with Crippen LogP contribution >= 0.6 is 27.7 Å². The van der Waals surface area contributed by atoms with Crippen molar-refractivity contribution in [3.05, 3.63) is 71.3 Å². The summed E-state index contributed by atoms with van der Waals surface area (Å²) in [7, 11) is 1.56. The highest BCUT2D eigenvalue weighted by Crippen LogP contribution is 2.57. The number of halogens is 1. The third-order valence-electron chi connectivity index (χ3n) is 5.61. The van der Waals surface area contributed by atoms with Crippen molar-refractivity contribution in [2.45, 2.75) is 29.1 Å². The first kappa shape index (κ1) is 18.2. The number of thioether (sulfide) groups is 1. The molecule has 2 aromatic carbocycles. The first-order chi connectivity index (χ1) is 12.6. The molecule has 1 saturated heterocycles. The summed E-state index contributed by atoms with van der Waals surface area (Å²) in [4.78, 5) is 12.6. The highest BCUT2D eigenvalue weighted by atomic mass is 79.9. The SMILES string of the molecule is CO[C@@]1(C(=O)SC)O[C@@H]2c3ccccc3C[C@@H]2[C@H](c2ccccc2)[C@@H]1Br. The number of hydrogen-bond acceptors (Lipinski definition) is 4. The van der Waals surface area contributed by atoms with E-state index in [1.807, 2.05) is 24.3 Å². The predicted octanol–water partition coefficient (Wildman–Crippen LogP) is 4.71. The predicted molar refractivity (Wildman–Crippen MR) is 108 cm³/mol. The van der Waals surface area contributed by atoms with Crippen LogP contribution in [0.25, 0.3) is 0 Å². The van der Waals surface area contributed by atoms with Crippen molar-refractivity contribution < 1.29 is 14.3 Å². The van der Waals surface area contributed by atoms with Gasteiger partial charge in [-0.1, -0.05) is 82.3 Å². The number of carbonyl (C=O) groups excluding carboxylic acids is 1. The summed E-state index contributed by atoms with van der Waals surface area (Å²) >= 11 is 4.97. The summed E-state index contributed by atoms with van der Waals surface area (Å²) in [5, 5.41) is -0.106. The van der Waals surface area contributed by atoms with Gasteiger partial charge < -0.3 is 9.47 Å². The van der Waals surface area contributed by atoms with Crippen LogP contribution in [0.3, 0.4) is 0 Å². The van der Waals surface area contributed by atoms with Crippen LogP contribution in [0, 0.1) is 5.92 Å². The Morgan fingerprint density at radius 1 is 1.19 bits per heavy atom. The first-order valence-electron chi connectivity index (χ1n) is 8.70. The molecule has 0 radical (unpaired) electrons. The maximum atomic E-state index is 12.9. The molecule has 26 heavy (non-hydrogen) atoms. The molecule has 0 amide bonds. The average Bonchev–Trinajstić information content (AvgIpc) is 3.05. The van der Waals surface area contributed by atoms with Gasteiger partial charge in [-0.2, -0.15) is 0 Å². The molecule has 1 aliphatic carbocycles. The normalized spacial score (nSPS) is 32.7. The molecule has 3 nitrogen and oxygen atoms in total. The second-order valence-corrected chi connectivity index (χ2v) is 8.57. The highest BCUT2D eigenvalue weighted by molar-refractivity contribution is 9.09. The molecule has 2 aromatic rings. The van der Waals surface area contributed by atoms with Gasteiger partial charge >= 0.3 is 0 Å². The van der Waals surface area contributed by atoms with Gasteiger partial charge in [0.05, 0.1) is 10.9 Å². The van der Waals surface area contributed by atoms with Gasteiger partial charge in [0.1, 0.15) is 0 Å². The zero-order chi connectivity index (χ0) is 18.3. The number of carbonyl (C=O) groups is 1. The van der Waals surface area contributed by atoms with Crippen molar-refractivity contribution in [2.75, 3.05) is 13.4 Å². The highest BCUT2D eigenvalue weighted by Gasteiger charge is 2.60. The quantitative estimate of drug-likeness (QED) is 0.657. The van der Waals surface area contributed by atoms with Crippen molar-refractivity contribution in [3.63, 3.8) is 0 Å². The Kier molecular flexibility index (Phi) is 4.99. The van der Waals surface area contributed by atoms with Gasteiger partial charge in [-0.15, -0.1) is 0 Å². The molecule has 5 heteroatoms. The maximum absolute atomic E-state index is 12.9. The molecule has 0 spiro atoms. The lowest BCUT2D eigenvalue weighted by Crippen LogP contribution is -2.57. The van der Waals surface area contributed by atoms with Gasteiger partial charge in [0.15, 0.2) is 0 Å². The molecular formula is C21H21BrO3S. The summed E-state index contributed by atoms with van der Waals surface area (Å²) in [5.41, 5.74) is 3.68. The number of alkyl halides is 1. The van der Waals surface area contributed by atoms with Crippen LogP contribution in [0.4, 0.5) is 0 Å². The van der Waals surface area contributed by atoms with E-state index in [4.69, 9.17) is 9.47 Å². The minimum Gasteiger partial charge on any atom is -0.345 e. The summed E-state index contributed by atoms with van der Waals surface area (Å²) in [5.74, 6) is -0.936. The number of fused-ring (bicyclic) bond motifs is 3. The molecule has 0 unspecified atom stereocenters. The Morgan fingerprint density at radius 3 is 2.58 bits per heavy atom. The van der Waals surface area contributed by atoms with Crippen LogP contribution < -0.4 is 0 Å². The van der Waals surface area contributed by atoms with Gasteiger partial charge in [0, 0.05) is 18.9 Å². The monoisotopic (exact) mass is 432 g/mol. The smallest absolute Gasteiger partial charge is 0.253 e. The maximum Gasteiger partial charge on any atom is 0.253 e. The lowest BCUT2D eigenvalue weighted by Gasteiger charge is -2.48. The van der Waals surface area contributed by atoms with Crippen molar-refractivity contribution in [1.82, 2.24) is 0 Å². The van der Waals surface area contributed by atoms with E-state index < -0.39 is 5.79 Å². The van der Waals surface area contributed by atoms with Gasteiger partial charge in [-0.25, -0.2) is 0 Å². The lowest BCUT2D eigenvalue weighted by molar-refractivity contribution is -0.259. The second-order valence-electron chi connectivity index (χ2n) is 6.81. The van der Waals surface area contributed by atoms with E-state index in [0.29, 0.717) is 0 Å². The van der Waals surface area contributed by atoms with Crippen LogP contribution in [0.5, 0.6) is 0 Å². The third-order valence-corrected chi connectivity index (χ3v) is 7.43. The number of methoxy groups -OCH3 is 1. The van der Waals surface area contributed by atoms with Crippen LogP contribution in [-0.2, 0) is 20.7 Å². The average molecular weight is 433 g/mol. The third kappa shape index (κ3) is 2.68. The zero-order valence-corrected chi connectivity index (χ0v) is 17.1. The Balaban J connectivity index is 1.86. The van der Waals surface area contributed by atoms with E-state index in [1.165, 1.54) is 16.7 Å². The van der Waals surface area contributed by atoms with E-state index >= 15 is 0 Å². The summed E-state index contributed by atoms with van der Waals surface area (Å²) in [6, 6.07) is 18.8. The Labute approximate surface area is 166 Å². The largest absolute Gasteiger partial charge is 0.345 e. The number of benzene rings is 2. The van der Waals surface area contributed by atoms with Crippen LogP contribution in [0.2, 0.25) is 0 Å². The summed E-state index contributed by atoms with van der Waals surface area (Å²) in [6.45, 7) is 0. The number of rotatable bonds is 3. The minimum absolute atomic E-state index is 0.106. The molecule has 0 saturated carbocycles. The fourth-order valence-corrected chi connectivity index (χ4v) is 6.30. The van der Waals surface area contributed by atoms with E-state index in [1.54, 1.807) is 13.4 Å². The van der Waals surface area contributed by atoms with Crippen molar-refractivity contribution in [2.24, 2.45) is 5.92 Å². The van der Waals surface area contributed by atoms with E-state index in [-0.39, 0.29) is 27.9 Å². The molecule has 0 N–H and O–H groups in total. The molecule has 1 aliphatic heterocycles. The van der Waals surface area contributed by atoms with Crippen LogP contribution in [-0.4, -0.2) is 29.1 Å². The topological polar surface area (TPSA) is 35.5 Å². The molecule has 5 atom stereocenters. The Morgan fingerprint density at radius 2 is 1.88 bits per heavy atom. The van der Waals surface area contributed by atoms with Crippen LogP contribution in [0.15, 0.2) is 54.6 Å². The minimum atomic E-state index is -1.31. The molecule has 1 heterocycles. The van der Waals surface area contributed by atoms with Gasteiger partial charge in [0.25, 0.3) is 5.79 Å². The Hall–Kier alpha value is -1.14. The van der Waals surface area contributed by atoms with Crippen molar-refractivity contribution in [1.29, 1.82) is 0 Å². The second kappa shape index (κ2) is 7.12. The number of hydrogen-bond donors (Lipinski definition) is 0. The summed E-state index contributed by atoms with van der Waals surface area (Å²) < 4.78 is 12.2. The standard InChI is InChI=1S/C21H21BrO3S/c1-24-21(20(23)26-2)19(22)17(13-8-4-3-5-9-13)16-12-14-10-6-7-11-15(14)18(16)25-21/h3-11,16-19H,12H2,1-2H3/t16-,17+,18-,19+,21-/m1/s1. The van der Waals surface area contributed by atoms with Crippen LogP contribution in [0.1, 0.15) is 28.7 Å². The molecule has 4 rings (SSSR count). The summed E-state index contributed by atoms with van der Waals surface area (Å²) in [6.07, 6.45) is 2.56. The molecule has 0 aromatic heterocycles. The number of ether oxygens (including phenoxy) is 2. The first-order valence-corrected chi connectivity index (χ1v) is 10.8. The van der Waals surface area contributed by atoms with Gasteiger partial charge in [0.2, 0.25) is 5.12 Å². The molecule has 2 aliphatic rings. The molecule has 0 bridgehead atoms. The van der Waals surface area contributed by atoms with Gasteiger partial charge in [-0.3, -0.25) is 4.79 Å².